The first kappa shape index (κ1) is 13.1. The number of carbonyl (C=O) groups is 1. The quantitative estimate of drug-likeness (QED) is 0.779. The Morgan fingerprint density at radius 2 is 2.25 bits per heavy atom. The van der Waals surface area contributed by atoms with E-state index in [0.717, 1.165) is 13.0 Å². The maximum atomic E-state index is 12.8. The van der Waals surface area contributed by atoms with Crippen LogP contribution in [0.25, 0.3) is 0 Å². The summed E-state index contributed by atoms with van der Waals surface area (Å²) >= 11 is 5.82. The monoisotopic (exact) mass is 243 g/mol. The lowest BCUT2D eigenvalue weighted by atomic mass is 10.1. The van der Waals surface area contributed by atoms with Gasteiger partial charge in [0.05, 0.1) is 6.54 Å². The second kappa shape index (κ2) is 6.61. The van der Waals surface area contributed by atoms with Crippen LogP contribution in [-0.2, 0) is 11.2 Å². The highest BCUT2D eigenvalue weighted by Crippen LogP contribution is 2.17. The lowest BCUT2D eigenvalue weighted by Crippen LogP contribution is -2.24. The van der Waals surface area contributed by atoms with Crippen molar-refractivity contribution in [2.75, 3.05) is 13.1 Å². The average Bonchev–Trinajstić information content (AvgIpc) is 2.23. The van der Waals surface area contributed by atoms with Crippen molar-refractivity contribution in [2.24, 2.45) is 0 Å². The molecule has 0 radical (unpaired) electrons. The van der Waals surface area contributed by atoms with E-state index in [4.69, 9.17) is 11.6 Å². The van der Waals surface area contributed by atoms with Crippen LogP contribution >= 0.6 is 11.6 Å². The highest BCUT2D eigenvalue weighted by Gasteiger charge is 2.07. The Morgan fingerprint density at radius 1 is 1.50 bits per heavy atom. The van der Waals surface area contributed by atoms with Crippen molar-refractivity contribution in [3.63, 3.8) is 0 Å². The maximum Gasteiger partial charge on any atom is 0.151 e. The van der Waals surface area contributed by atoms with Gasteiger partial charge in [-0.15, -0.1) is 0 Å². The number of Topliss-reactive ketones (excluding diaryl/α,β-unsaturated/α-hetero) is 1. The third-order valence-electron chi connectivity index (χ3n) is 2.15. The Morgan fingerprint density at radius 3 is 2.88 bits per heavy atom. The lowest BCUT2D eigenvalue weighted by Gasteiger charge is -2.04. The molecule has 1 N–H and O–H groups in total. The van der Waals surface area contributed by atoms with Gasteiger partial charge >= 0.3 is 0 Å². The summed E-state index contributed by atoms with van der Waals surface area (Å²) in [6.07, 6.45) is 1.24. The van der Waals surface area contributed by atoms with Crippen LogP contribution in [0, 0.1) is 5.82 Å². The van der Waals surface area contributed by atoms with Gasteiger partial charge < -0.3 is 5.32 Å². The number of hydrogen-bond acceptors (Lipinski definition) is 2. The van der Waals surface area contributed by atoms with Crippen molar-refractivity contribution in [2.45, 2.75) is 19.8 Å². The summed E-state index contributed by atoms with van der Waals surface area (Å²) in [6.45, 7) is 3.19. The molecule has 1 aromatic carbocycles. The van der Waals surface area contributed by atoms with Crippen molar-refractivity contribution in [3.8, 4) is 0 Å². The van der Waals surface area contributed by atoms with Crippen molar-refractivity contribution >= 4 is 17.4 Å². The molecule has 0 fully saturated rings. The highest BCUT2D eigenvalue weighted by atomic mass is 35.5. The molecule has 0 saturated carbocycles. The van der Waals surface area contributed by atoms with Crippen LogP contribution in [0.1, 0.15) is 18.9 Å². The summed E-state index contributed by atoms with van der Waals surface area (Å²) in [5, 5.41) is 3.33. The molecule has 1 aromatic rings. The molecule has 2 nitrogen and oxygen atoms in total. The van der Waals surface area contributed by atoms with Gasteiger partial charge in [-0.2, -0.15) is 0 Å². The van der Waals surface area contributed by atoms with Gasteiger partial charge in [0, 0.05) is 11.4 Å². The van der Waals surface area contributed by atoms with Gasteiger partial charge in [0.15, 0.2) is 5.78 Å². The second-order valence-electron chi connectivity index (χ2n) is 3.63. The highest BCUT2D eigenvalue weighted by molar-refractivity contribution is 6.31. The molecule has 0 amide bonds. The van der Waals surface area contributed by atoms with Crippen LogP contribution in [0.3, 0.4) is 0 Å². The lowest BCUT2D eigenvalue weighted by molar-refractivity contribution is -0.117. The second-order valence-corrected chi connectivity index (χ2v) is 4.04. The van der Waals surface area contributed by atoms with E-state index in [-0.39, 0.29) is 18.0 Å². The molecule has 0 aliphatic heterocycles. The molecule has 0 unspecified atom stereocenters. The van der Waals surface area contributed by atoms with Crippen LogP contribution in [0.5, 0.6) is 0 Å². The Hall–Kier alpha value is -0.930. The van der Waals surface area contributed by atoms with Crippen LogP contribution in [-0.4, -0.2) is 18.9 Å². The van der Waals surface area contributed by atoms with Gasteiger partial charge in [-0.25, -0.2) is 4.39 Å². The van der Waals surface area contributed by atoms with E-state index in [2.05, 4.69) is 5.32 Å². The van der Waals surface area contributed by atoms with Crippen LogP contribution < -0.4 is 5.32 Å². The zero-order valence-corrected chi connectivity index (χ0v) is 9.98. The molecule has 0 aliphatic rings. The third-order valence-corrected chi connectivity index (χ3v) is 2.50. The number of nitrogens with one attached hydrogen (secondary N) is 1. The average molecular weight is 244 g/mol. The molecule has 0 aromatic heterocycles. The maximum absolute atomic E-state index is 12.8. The minimum atomic E-state index is -0.384. The van der Waals surface area contributed by atoms with E-state index < -0.39 is 0 Å². The molecule has 0 atom stereocenters. The first-order valence-electron chi connectivity index (χ1n) is 5.29. The van der Waals surface area contributed by atoms with E-state index >= 15 is 0 Å². The first-order valence-corrected chi connectivity index (χ1v) is 5.67. The Labute approximate surface area is 99.8 Å². The fourth-order valence-corrected chi connectivity index (χ4v) is 1.58. The number of ketones is 1. The van der Waals surface area contributed by atoms with Gasteiger partial charge in [-0.3, -0.25) is 4.79 Å². The zero-order valence-electron chi connectivity index (χ0n) is 9.22. The van der Waals surface area contributed by atoms with E-state index in [0.29, 0.717) is 17.1 Å². The summed E-state index contributed by atoms with van der Waals surface area (Å²) in [5.74, 6) is -0.327. The Kier molecular flexibility index (Phi) is 5.43. The molecule has 0 heterocycles. The number of halogens is 2. The number of rotatable bonds is 6. The van der Waals surface area contributed by atoms with Gasteiger partial charge in [-0.1, -0.05) is 24.6 Å². The molecule has 0 spiro atoms. The fourth-order valence-electron chi connectivity index (χ4n) is 1.34. The minimum Gasteiger partial charge on any atom is -0.310 e. The van der Waals surface area contributed by atoms with E-state index in [1.807, 2.05) is 6.92 Å². The first-order chi connectivity index (χ1) is 7.63. The summed E-state index contributed by atoms with van der Waals surface area (Å²) in [4.78, 5) is 11.5. The van der Waals surface area contributed by atoms with Crippen molar-refractivity contribution in [1.82, 2.24) is 5.32 Å². The number of benzene rings is 1. The Bertz CT molecular complexity index is 368. The normalized spacial score (nSPS) is 10.4. The topological polar surface area (TPSA) is 29.1 Å². The van der Waals surface area contributed by atoms with Crippen molar-refractivity contribution in [1.29, 1.82) is 0 Å². The van der Waals surface area contributed by atoms with E-state index in [9.17, 15) is 9.18 Å². The van der Waals surface area contributed by atoms with Gasteiger partial charge in [0.25, 0.3) is 0 Å². The van der Waals surface area contributed by atoms with Crippen LogP contribution in [0.15, 0.2) is 18.2 Å². The molecule has 4 heteroatoms. The molecular weight excluding hydrogens is 229 g/mol. The van der Waals surface area contributed by atoms with Gasteiger partial charge in [0.2, 0.25) is 0 Å². The summed E-state index contributed by atoms with van der Waals surface area (Å²) in [7, 11) is 0. The van der Waals surface area contributed by atoms with Gasteiger partial charge in [0.1, 0.15) is 5.82 Å². The molecular formula is C12H15ClFNO. The van der Waals surface area contributed by atoms with Crippen LogP contribution in [0.2, 0.25) is 5.02 Å². The number of hydrogen-bond donors (Lipinski definition) is 1. The van der Waals surface area contributed by atoms with Gasteiger partial charge in [-0.05, 0) is 30.7 Å². The predicted molar refractivity (Wildman–Crippen MR) is 63.3 cm³/mol. The van der Waals surface area contributed by atoms with Crippen LogP contribution in [0.4, 0.5) is 4.39 Å². The molecule has 16 heavy (non-hydrogen) atoms. The molecule has 0 bridgehead atoms. The number of carbonyl (C=O) groups excluding carboxylic acids is 1. The van der Waals surface area contributed by atoms with Crippen molar-refractivity contribution in [3.05, 3.63) is 34.6 Å². The Balaban J connectivity index is 2.49. The molecule has 0 aliphatic carbocycles. The predicted octanol–water partition coefficient (Wildman–Crippen LogP) is 2.59. The third kappa shape index (κ3) is 4.29. The van der Waals surface area contributed by atoms with E-state index in [1.54, 1.807) is 6.07 Å². The SMILES string of the molecule is CCCNCC(=O)Cc1ccc(F)cc1Cl. The van der Waals surface area contributed by atoms with E-state index in [1.165, 1.54) is 12.1 Å². The fraction of sp³-hybridized carbons (Fsp3) is 0.417. The molecule has 0 saturated heterocycles. The minimum absolute atomic E-state index is 0.0574. The summed E-state index contributed by atoms with van der Waals surface area (Å²) in [6, 6.07) is 4.09. The zero-order chi connectivity index (χ0) is 12.0. The largest absolute Gasteiger partial charge is 0.310 e. The van der Waals surface area contributed by atoms with Crippen molar-refractivity contribution < 1.29 is 9.18 Å². The standard InChI is InChI=1S/C12H15ClFNO/c1-2-5-15-8-11(16)6-9-3-4-10(14)7-12(9)13/h3-4,7,15H,2,5-6,8H2,1H3. The molecule has 1 rings (SSSR count). The summed E-state index contributed by atoms with van der Waals surface area (Å²) < 4.78 is 12.8. The molecule has 88 valence electrons. The smallest absolute Gasteiger partial charge is 0.151 e. The summed E-state index contributed by atoms with van der Waals surface area (Å²) in [5.41, 5.74) is 0.673.